The Bertz CT molecular complexity index is 624. The van der Waals surface area contributed by atoms with Crippen LogP contribution in [0.25, 0.3) is 0 Å². The number of carbonyl (C=O) groups is 3. The predicted octanol–water partition coefficient (Wildman–Crippen LogP) is 0.788. The van der Waals surface area contributed by atoms with E-state index in [9.17, 15) is 19.5 Å². The van der Waals surface area contributed by atoms with Crippen LogP contribution in [-0.2, 0) is 20.7 Å². The molecule has 1 saturated heterocycles. The van der Waals surface area contributed by atoms with Gasteiger partial charge in [0.05, 0.1) is 6.61 Å². The number of amides is 3. The maximum absolute atomic E-state index is 12.0. The largest absolute Gasteiger partial charge is 0.508 e. The number of aromatic hydroxyl groups is 1. The number of piperidine rings is 1. The molecule has 26 heavy (non-hydrogen) atoms. The SMILES string of the molecule is CCOC(=O)N1CCC(NC(=O)C(=O)NCCc2ccc(O)cc2)CC1. The molecule has 1 aliphatic rings. The monoisotopic (exact) mass is 363 g/mol. The molecule has 8 heteroatoms. The number of ether oxygens (including phenoxy) is 1. The number of phenols is 1. The lowest BCUT2D eigenvalue weighted by Gasteiger charge is -2.31. The summed E-state index contributed by atoms with van der Waals surface area (Å²) in [5, 5.41) is 14.5. The maximum atomic E-state index is 12.0. The second kappa shape index (κ2) is 9.65. The summed E-state index contributed by atoms with van der Waals surface area (Å²) in [5.41, 5.74) is 0.954. The number of benzene rings is 1. The quantitative estimate of drug-likeness (QED) is 0.670. The Labute approximate surface area is 152 Å². The van der Waals surface area contributed by atoms with E-state index in [4.69, 9.17) is 4.74 Å². The van der Waals surface area contributed by atoms with Crippen LogP contribution >= 0.6 is 0 Å². The summed E-state index contributed by atoms with van der Waals surface area (Å²) in [6.07, 6.45) is 1.40. The van der Waals surface area contributed by atoms with Gasteiger partial charge < -0.3 is 25.4 Å². The van der Waals surface area contributed by atoms with Gasteiger partial charge in [0.25, 0.3) is 0 Å². The van der Waals surface area contributed by atoms with Gasteiger partial charge in [-0.1, -0.05) is 12.1 Å². The minimum absolute atomic E-state index is 0.129. The fourth-order valence-corrected chi connectivity index (χ4v) is 2.74. The number of likely N-dealkylation sites (tertiary alicyclic amines) is 1. The van der Waals surface area contributed by atoms with Crippen LogP contribution in [0.3, 0.4) is 0 Å². The van der Waals surface area contributed by atoms with Gasteiger partial charge >= 0.3 is 17.9 Å². The van der Waals surface area contributed by atoms with Crippen molar-refractivity contribution < 1.29 is 24.2 Å². The molecule has 0 radical (unpaired) electrons. The van der Waals surface area contributed by atoms with E-state index in [1.165, 1.54) is 0 Å². The molecule has 0 saturated carbocycles. The van der Waals surface area contributed by atoms with Gasteiger partial charge in [-0.05, 0) is 43.9 Å². The molecule has 3 N–H and O–H groups in total. The van der Waals surface area contributed by atoms with Crippen LogP contribution in [0.4, 0.5) is 4.79 Å². The molecule has 1 aromatic rings. The summed E-state index contributed by atoms with van der Waals surface area (Å²) >= 11 is 0. The average molecular weight is 363 g/mol. The molecule has 8 nitrogen and oxygen atoms in total. The second-order valence-corrected chi connectivity index (χ2v) is 6.11. The fourth-order valence-electron chi connectivity index (χ4n) is 2.74. The third-order valence-corrected chi connectivity index (χ3v) is 4.20. The van der Waals surface area contributed by atoms with Crippen molar-refractivity contribution in [2.75, 3.05) is 26.2 Å². The molecule has 0 atom stereocenters. The van der Waals surface area contributed by atoms with E-state index in [-0.39, 0.29) is 17.9 Å². The minimum atomic E-state index is -0.670. The lowest BCUT2D eigenvalue weighted by Crippen LogP contribution is -2.50. The van der Waals surface area contributed by atoms with Crippen molar-refractivity contribution in [3.05, 3.63) is 29.8 Å². The van der Waals surface area contributed by atoms with Crippen LogP contribution in [0.1, 0.15) is 25.3 Å². The zero-order valence-electron chi connectivity index (χ0n) is 14.9. The molecule has 142 valence electrons. The molecule has 3 amide bonds. The van der Waals surface area contributed by atoms with E-state index in [2.05, 4.69) is 10.6 Å². The first kappa shape index (κ1) is 19.6. The molecule has 1 fully saturated rings. The number of hydrogen-bond acceptors (Lipinski definition) is 5. The Kier molecular flexibility index (Phi) is 7.25. The second-order valence-electron chi connectivity index (χ2n) is 6.11. The van der Waals surface area contributed by atoms with Gasteiger partial charge in [0, 0.05) is 25.7 Å². The summed E-state index contributed by atoms with van der Waals surface area (Å²) in [5.74, 6) is -1.15. The molecule has 1 aliphatic heterocycles. The van der Waals surface area contributed by atoms with Crippen LogP contribution in [0.15, 0.2) is 24.3 Å². The Morgan fingerprint density at radius 3 is 2.42 bits per heavy atom. The molecule has 0 aromatic heterocycles. The Balaban J connectivity index is 1.66. The first-order chi connectivity index (χ1) is 12.5. The summed E-state index contributed by atoms with van der Waals surface area (Å²) in [6.45, 7) is 3.40. The lowest BCUT2D eigenvalue weighted by atomic mass is 10.1. The number of carbonyl (C=O) groups excluding carboxylic acids is 3. The fraction of sp³-hybridized carbons (Fsp3) is 0.500. The maximum Gasteiger partial charge on any atom is 0.409 e. The lowest BCUT2D eigenvalue weighted by molar-refractivity contribution is -0.139. The number of rotatable bonds is 5. The molecule has 0 bridgehead atoms. The Hall–Kier alpha value is -2.77. The summed E-state index contributed by atoms with van der Waals surface area (Å²) in [7, 11) is 0. The summed E-state index contributed by atoms with van der Waals surface area (Å²) in [6, 6.07) is 6.55. The van der Waals surface area contributed by atoms with Crippen molar-refractivity contribution >= 4 is 17.9 Å². The molecule has 1 aromatic carbocycles. The Morgan fingerprint density at radius 1 is 1.15 bits per heavy atom. The molecule has 1 heterocycles. The number of phenolic OH excluding ortho intramolecular Hbond substituents is 1. The molecular weight excluding hydrogens is 338 g/mol. The molecule has 0 aliphatic carbocycles. The van der Waals surface area contributed by atoms with Crippen molar-refractivity contribution in [2.24, 2.45) is 0 Å². The third-order valence-electron chi connectivity index (χ3n) is 4.20. The number of nitrogens with one attached hydrogen (secondary N) is 2. The van der Waals surface area contributed by atoms with E-state index in [1.54, 1.807) is 36.1 Å². The molecule has 0 spiro atoms. The summed E-state index contributed by atoms with van der Waals surface area (Å²) in [4.78, 5) is 37.1. The first-order valence-electron chi connectivity index (χ1n) is 8.78. The van der Waals surface area contributed by atoms with Gasteiger partial charge in [-0.2, -0.15) is 0 Å². The predicted molar refractivity (Wildman–Crippen MR) is 94.6 cm³/mol. The van der Waals surface area contributed by atoms with Gasteiger partial charge in [0.1, 0.15) is 5.75 Å². The minimum Gasteiger partial charge on any atom is -0.508 e. The topological polar surface area (TPSA) is 108 Å². The van der Waals surface area contributed by atoms with Gasteiger partial charge in [0.15, 0.2) is 0 Å². The number of nitrogens with zero attached hydrogens (tertiary/aromatic N) is 1. The van der Waals surface area contributed by atoms with Crippen LogP contribution < -0.4 is 10.6 Å². The van der Waals surface area contributed by atoms with Crippen LogP contribution in [0.5, 0.6) is 5.75 Å². The third kappa shape index (κ3) is 5.94. The normalized spacial score (nSPS) is 14.6. The Morgan fingerprint density at radius 2 is 1.81 bits per heavy atom. The summed E-state index contributed by atoms with van der Waals surface area (Å²) < 4.78 is 4.94. The van der Waals surface area contributed by atoms with Crippen LogP contribution in [-0.4, -0.2) is 60.2 Å². The first-order valence-corrected chi connectivity index (χ1v) is 8.78. The van der Waals surface area contributed by atoms with Crippen molar-refractivity contribution in [2.45, 2.75) is 32.2 Å². The smallest absolute Gasteiger partial charge is 0.409 e. The zero-order valence-corrected chi connectivity index (χ0v) is 14.9. The highest BCUT2D eigenvalue weighted by Gasteiger charge is 2.26. The molecular formula is C18H25N3O5. The number of hydrogen-bond donors (Lipinski definition) is 3. The van der Waals surface area contributed by atoms with E-state index < -0.39 is 11.8 Å². The molecule has 2 rings (SSSR count). The van der Waals surface area contributed by atoms with E-state index in [0.29, 0.717) is 45.5 Å². The average Bonchev–Trinajstić information content (AvgIpc) is 2.64. The van der Waals surface area contributed by atoms with Crippen molar-refractivity contribution in [1.29, 1.82) is 0 Å². The van der Waals surface area contributed by atoms with E-state index in [1.807, 2.05) is 0 Å². The van der Waals surface area contributed by atoms with Crippen molar-refractivity contribution in [1.82, 2.24) is 15.5 Å². The van der Waals surface area contributed by atoms with Crippen LogP contribution in [0, 0.1) is 0 Å². The van der Waals surface area contributed by atoms with Gasteiger partial charge in [-0.15, -0.1) is 0 Å². The van der Waals surface area contributed by atoms with Crippen LogP contribution in [0.2, 0.25) is 0 Å². The van der Waals surface area contributed by atoms with Gasteiger partial charge in [-0.3, -0.25) is 9.59 Å². The van der Waals surface area contributed by atoms with E-state index in [0.717, 1.165) is 5.56 Å². The zero-order chi connectivity index (χ0) is 18.9. The highest BCUT2D eigenvalue weighted by Crippen LogP contribution is 2.11. The highest BCUT2D eigenvalue weighted by molar-refractivity contribution is 6.35. The molecule has 0 unspecified atom stereocenters. The van der Waals surface area contributed by atoms with Crippen molar-refractivity contribution in [3.8, 4) is 5.75 Å². The highest BCUT2D eigenvalue weighted by atomic mass is 16.6. The van der Waals surface area contributed by atoms with Gasteiger partial charge in [-0.25, -0.2) is 4.79 Å². The van der Waals surface area contributed by atoms with E-state index >= 15 is 0 Å². The van der Waals surface area contributed by atoms with Gasteiger partial charge in [0.2, 0.25) is 0 Å². The standard InChI is InChI=1S/C18H25N3O5/c1-2-26-18(25)21-11-8-14(9-12-21)20-17(24)16(23)19-10-7-13-3-5-15(22)6-4-13/h3-6,14,22H,2,7-12H2,1H3,(H,19,23)(H,20,24). The van der Waals surface area contributed by atoms with Crippen molar-refractivity contribution in [3.63, 3.8) is 0 Å².